The molecule has 0 spiro atoms. The lowest BCUT2D eigenvalue weighted by Gasteiger charge is -2.27. The van der Waals surface area contributed by atoms with Crippen molar-refractivity contribution in [1.82, 2.24) is 9.55 Å². The maximum Gasteiger partial charge on any atom is 0.311 e. The molecule has 2 heterocycles. The van der Waals surface area contributed by atoms with Crippen LogP contribution >= 0.6 is 0 Å². The summed E-state index contributed by atoms with van der Waals surface area (Å²) in [6.45, 7) is 4.09. The maximum absolute atomic E-state index is 11.0. The predicted molar refractivity (Wildman–Crippen MR) is 95.5 cm³/mol. The third-order valence-corrected chi connectivity index (χ3v) is 3.98. The fourth-order valence-corrected chi connectivity index (χ4v) is 2.92. The van der Waals surface area contributed by atoms with Crippen molar-refractivity contribution in [2.24, 2.45) is 7.05 Å². The van der Waals surface area contributed by atoms with E-state index in [9.17, 15) is 10.1 Å². The van der Waals surface area contributed by atoms with Crippen molar-refractivity contribution in [1.29, 1.82) is 0 Å². The number of hydrogen-bond acceptors (Lipinski definition) is 5. The van der Waals surface area contributed by atoms with Crippen LogP contribution in [0.2, 0.25) is 0 Å². The molecule has 0 unspecified atom stereocenters. The minimum Gasteiger partial charge on any atom is -0.378 e. The molecule has 1 aromatic carbocycles. The zero-order valence-corrected chi connectivity index (χ0v) is 13.8. The Morgan fingerprint density at radius 1 is 1.25 bits per heavy atom. The van der Waals surface area contributed by atoms with E-state index < -0.39 is 4.92 Å². The van der Waals surface area contributed by atoms with Gasteiger partial charge in [-0.25, -0.2) is 4.98 Å². The smallest absolute Gasteiger partial charge is 0.311 e. The predicted octanol–water partition coefficient (Wildman–Crippen LogP) is 3.61. The molecule has 0 saturated heterocycles. The topological polar surface area (TPSA) is 90.2 Å². The summed E-state index contributed by atoms with van der Waals surface area (Å²) in [5.74, 6) is 0.507. The molecule has 0 aliphatic carbocycles. The second-order valence-electron chi connectivity index (χ2n) is 5.94. The molecule has 0 radical (unpaired) electrons. The molecule has 0 amide bonds. The van der Waals surface area contributed by atoms with E-state index in [1.807, 2.05) is 44.1 Å². The minimum atomic E-state index is -0.524. The van der Waals surface area contributed by atoms with E-state index in [2.05, 4.69) is 21.7 Å². The molecule has 124 valence electrons. The third kappa shape index (κ3) is 2.54. The molecule has 0 fully saturated rings. The van der Waals surface area contributed by atoms with Gasteiger partial charge in [0.05, 0.1) is 10.6 Å². The molecule has 0 aliphatic rings. The first-order valence-corrected chi connectivity index (χ1v) is 7.64. The highest BCUT2D eigenvalue weighted by atomic mass is 16.6. The number of aryl methyl sites for hydroxylation is 1. The fraction of sp³-hybridized carbons (Fsp3) is 0.235. The highest BCUT2D eigenvalue weighted by molar-refractivity contribution is 5.95. The Hall–Kier alpha value is -3.09. The van der Waals surface area contributed by atoms with E-state index in [-0.39, 0.29) is 17.5 Å². The fourth-order valence-electron chi connectivity index (χ4n) is 2.92. The summed E-state index contributed by atoms with van der Waals surface area (Å²) in [6, 6.07) is 11.2. The van der Waals surface area contributed by atoms with Crippen molar-refractivity contribution in [3.8, 4) is 0 Å². The van der Waals surface area contributed by atoms with Crippen molar-refractivity contribution in [2.45, 2.75) is 19.9 Å². The van der Waals surface area contributed by atoms with Gasteiger partial charge in [-0.2, -0.15) is 0 Å². The molecule has 2 N–H and O–H groups in total. The normalized spacial score (nSPS) is 11.2. The number of nitrogens with two attached hydrogens (primary N) is 1. The largest absolute Gasteiger partial charge is 0.378 e. The summed E-state index contributed by atoms with van der Waals surface area (Å²) in [6.07, 6.45) is 2.03. The van der Waals surface area contributed by atoms with Gasteiger partial charge in [-0.15, -0.1) is 0 Å². The number of para-hydroxylation sites is 1. The van der Waals surface area contributed by atoms with Crippen LogP contribution in [0.15, 0.2) is 42.6 Å². The monoisotopic (exact) mass is 325 g/mol. The van der Waals surface area contributed by atoms with Gasteiger partial charge in [-0.1, -0.05) is 18.2 Å². The Labute approximate surface area is 139 Å². The van der Waals surface area contributed by atoms with Crippen LogP contribution in [0.4, 0.5) is 23.0 Å². The number of benzene rings is 1. The van der Waals surface area contributed by atoms with Crippen LogP contribution in [0.25, 0.3) is 10.9 Å². The Morgan fingerprint density at radius 2 is 1.96 bits per heavy atom. The average molecular weight is 325 g/mol. The first-order chi connectivity index (χ1) is 11.4. The number of nitrogens with zero attached hydrogens (tertiary/aromatic N) is 4. The number of aromatic nitrogens is 2. The molecule has 7 nitrogen and oxygen atoms in total. The number of hydrogen-bond donors (Lipinski definition) is 1. The number of fused-ring (bicyclic) bond motifs is 1. The number of nitro groups is 1. The van der Waals surface area contributed by atoms with Gasteiger partial charge in [0.1, 0.15) is 5.82 Å². The highest BCUT2D eigenvalue weighted by Gasteiger charge is 2.22. The Balaban J connectivity index is 2.17. The zero-order valence-electron chi connectivity index (χ0n) is 13.8. The van der Waals surface area contributed by atoms with Gasteiger partial charge in [0.2, 0.25) is 5.82 Å². The van der Waals surface area contributed by atoms with Crippen LogP contribution in [0.5, 0.6) is 0 Å². The Kier molecular flexibility index (Phi) is 3.84. The second-order valence-corrected chi connectivity index (χ2v) is 5.94. The van der Waals surface area contributed by atoms with Gasteiger partial charge in [-0.3, -0.25) is 10.1 Å². The second kappa shape index (κ2) is 5.84. The van der Waals surface area contributed by atoms with Gasteiger partial charge < -0.3 is 15.2 Å². The van der Waals surface area contributed by atoms with E-state index >= 15 is 0 Å². The van der Waals surface area contributed by atoms with Gasteiger partial charge in [0, 0.05) is 36.3 Å². The molecule has 3 aromatic rings. The maximum atomic E-state index is 11.0. The van der Waals surface area contributed by atoms with E-state index in [0.717, 1.165) is 16.6 Å². The van der Waals surface area contributed by atoms with Crippen LogP contribution < -0.4 is 10.6 Å². The Morgan fingerprint density at radius 3 is 2.58 bits per heavy atom. The van der Waals surface area contributed by atoms with Crippen molar-refractivity contribution in [3.63, 3.8) is 0 Å². The van der Waals surface area contributed by atoms with E-state index in [4.69, 9.17) is 5.73 Å². The average Bonchev–Trinajstić information content (AvgIpc) is 2.84. The summed E-state index contributed by atoms with van der Waals surface area (Å²) in [4.78, 5) is 16.7. The van der Waals surface area contributed by atoms with Crippen molar-refractivity contribution in [3.05, 3.63) is 52.7 Å². The van der Waals surface area contributed by atoms with Gasteiger partial charge in [-0.05, 0) is 26.0 Å². The van der Waals surface area contributed by atoms with Crippen molar-refractivity contribution in [2.75, 3.05) is 10.6 Å². The molecular formula is C17H19N5O2. The lowest BCUT2D eigenvalue weighted by Crippen LogP contribution is -2.26. The molecule has 7 heteroatoms. The van der Waals surface area contributed by atoms with Gasteiger partial charge in [0.25, 0.3) is 0 Å². The zero-order chi connectivity index (χ0) is 17.4. The van der Waals surface area contributed by atoms with Crippen molar-refractivity contribution < 1.29 is 4.92 Å². The molecule has 0 atom stereocenters. The standard InChI is InChI=1S/C17H19N5O2/c1-11(2)21(16-9-8-14(22(23)24)17(18)19-16)15-10-20(3)13-7-5-4-6-12(13)15/h4-11H,1-3H3,(H2,18,19). The summed E-state index contributed by atoms with van der Waals surface area (Å²) >= 11 is 0. The van der Waals surface area contributed by atoms with Crippen LogP contribution in [0.1, 0.15) is 13.8 Å². The van der Waals surface area contributed by atoms with Crippen LogP contribution in [0.3, 0.4) is 0 Å². The SMILES string of the molecule is CC(C)N(c1ccc([N+](=O)[O-])c(N)n1)c1cn(C)c2ccccc12. The highest BCUT2D eigenvalue weighted by Crippen LogP contribution is 2.35. The number of pyridine rings is 1. The molecule has 2 aromatic heterocycles. The molecule has 0 saturated carbocycles. The van der Waals surface area contributed by atoms with E-state index in [1.165, 1.54) is 6.07 Å². The van der Waals surface area contributed by atoms with Crippen LogP contribution in [-0.4, -0.2) is 20.5 Å². The van der Waals surface area contributed by atoms with Crippen molar-refractivity contribution >= 4 is 33.9 Å². The number of nitrogen functional groups attached to an aromatic ring is 1. The van der Waals surface area contributed by atoms with Gasteiger partial charge >= 0.3 is 5.69 Å². The Bertz CT molecular complexity index is 916. The van der Waals surface area contributed by atoms with Crippen LogP contribution in [-0.2, 0) is 7.05 Å². The molecule has 3 rings (SSSR count). The molecule has 24 heavy (non-hydrogen) atoms. The third-order valence-electron chi connectivity index (χ3n) is 3.98. The summed E-state index contributed by atoms with van der Waals surface area (Å²) in [7, 11) is 1.99. The number of rotatable bonds is 4. The molecular weight excluding hydrogens is 306 g/mol. The van der Waals surface area contributed by atoms with E-state index in [0.29, 0.717) is 5.82 Å². The van der Waals surface area contributed by atoms with Gasteiger partial charge in [0.15, 0.2) is 0 Å². The number of anilines is 3. The van der Waals surface area contributed by atoms with E-state index in [1.54, 1.807) is 6.07 Å². The van der Waals surface area contributed by atoms with Crippen LogP contribution in [0, 0.1) is 10.1 Å². The first kappa shape index (κ1) is 15.8. The lowest BCUT2D eigenvalue weighted by atomic mass is 10.2. The summed E-state index contributed by atoms with van der Waals surface area (Å²) in [5, 5.41) is 12.0. The first-order valence-electron chi connectivity index (χ1n) is 7.64. The lowest BCUT2D eigenvalue weighted by molar-refractivity contribution is -0.384. The summed E-state index contributed by atoms with van der Waals surface area (Å²) in [5.41, 5.74) is 7.69. The molecule has 0 aliphatic heterocycles. The quantitative estimate of drug-likeness (QED) is 0.584. The molecule has 0 bridgehead atoms. The summed E-state index contributed by atoms with van der Waals surface area (Å²) < 4.78 is 2.05. The minimum absolute atomic E-state index is 0.0802.